The zero-order valence-electron chi connectivity index (χ0n) is 12.5. The highest BCUT2D eigenvalue weighted by Gasteiger charge is 2.10. The molecule has 1 rings (SSSR count). The summed E-state index contributed by atoms with van der Waals surface area (Å²) in [6.45, 7) is 9.60. The van der Waals surface area contributed by atoms with E-state index in [9.17, 15) is 0 Å². The molecule has 1 aromatic rings. The van der Waals surface area contributed by atoms with Crippen molar-refractivity contribution in [2.75, 3.05) is 19.8 Å². The molecule has 1 aromatic carbocycles. The number of rotatable bonds is 10. The monoisotopic (exact) mass is 265 g/mol. The fourth-order valence-corrected chi connectivity index (χ4v) is 1.85. The summed E-state index contributed by atoms with van der Waals surface area (Å²) in [5.74, 6) is 1.76. The highest BCUT2D eigenvalue weighted by molar-refractivity contribution is 5.46. The minimum Gasteiger partial charge on any atom is -0.490 e. The van der Waals surface area contributed by atoms with Gasteiger partial charge in [-0.15, -0.1) is 0 Å². The Labute approximate surface area is 117 Å². The molecule has 0 saturated heterocycles. The summed E-state index contributed by atoms with van der Waals surface area (Å²) in [7, 11) is 0. The van der Waals surface area contributed by atoms with Crippen molar-refractivity contribution in [2.24, 2.45) is 0 Å². The smallest absolute Gasteiger partial charge is 0.165 e. The Balaban J connectivity index is 2.77. The molecule has 3 heteroatoms. The van der Waals surface area contributed by atoms with E-state index in [4.69, 9.17) is 9.47 Å². The van der Waals surface area contributed by atoms with E-state index in [0.717, 1.165) is 50.5 Å². The molecular formula is C16H27NO2. The van der Waals surface area contributed by atoms with Gasteiger partial charge in [0.2, 0.25) is 0 Å². The molecule has 0 amide bonds. The van der Waals surface area contributed by atoms with Gasteiger partial charge in [-0.3, -0.25) is 0 Å². The van der Waals surface area contributed by atoms with E-state index in [-0.39, 0.29) is 0 Å². The van der Waals surface area contributed by atoms with Crippen molar-refractivity contribution in [1.82, 2.24) is 5.32 Å². The molecule has 0 bridgehead atoms. The van der Waals surface area contributed by atoms with Gasteiger partial charge in [0.25, 0.3) is 0 Å². The molecular weight excluding hydrogens is 238 g/mol. The number of nitrogens with one attached hydrogen (secondary N) is 1. The third-order valence-electron chi connectivity index (χ3n) is 2.85. The van der Waals surface area contributed by atoms with Gasteiger partial charge in [0, 0.05) is 12.1 Å². The molecule has 1 N–H and O–H groups in total. The predicted molar refractivity (Wildman–Crippen MR) is 80.0 cm³/mol. The molecule has 108 valence electrons. The lowest BCUT2D eigenvalue weighted by atomic mass is 10.1. The Morgan fingerprint density at radius 1 is 1.05 bits per heavy atom. The average Bonchev–Trinajstić information content (AvgIpc) is 2.42. The molecule has 0 radical (unpaired) electrons. The highest BCUT2D eigenvalue weighted by atomic mass is 16.5. The molecule has 0 heterocycles. The molecule has 0 atom stereocenters. The fraction of sp³-hybridized carbons (Fsp3) is 0.625. The van der Waals surface area contributed by atoms with Crippen molar-refractivity contribution < 1.29 is 9.47 Å². The van der Waals surface area contributed by atoms with Crippen molar-refractivity contribution >= 4 is 0 Å². The Morgan fingerprint density at radius 2 is 1.89 bits per heavy atom. The quantitative estimate of drug-likeness (QED) is 0.653. The van der Waals surface area contributed by atoms with E-state index in [2.05, 4.69) is 25.2 Å². The van der Waals surface area contributed by atoms with Crippen LogP contribution in [0.5, 0.6) is 11.5 Å². The number of hydrogen-bond donors (Lipinski definition) is 1. The third kappa shape index (κ3) is 5.52. The minimum atomic E-state index is 0.663. The maximum absolute atomic E-state index is 5.93. The van der Waals surface area contributed by atoms with Crippen LogP contribution in [0.25, 0.3) is 0 Å². The van der Waals surface area contributed by atoms with Crippen LogP contribution in [0.15, 0.2) is 18.2 Å². The lowest BCUT2D eigenvalue weighted by Crippen LogP contribution is -2.15. The second kappa shape index (κ2) is 9.68. The fourth-order valence-electron chi connectivity index (χ4n) is 1.85. The summed E-state index contributed by atoms with van der Waals surface area (Å²) in [4.78, 5) is 0. The van der Waals surface area contributed by atoms with E-state index in [1.54, 1.807) is 0 Å². The van der Waals surface area contributed by atoms with Crippen LogP contribution in [0.4, 0.5) is 0 Å². The van der Waals surface area contributed by atoms with Gasteiger partial charge in [0.05, 0.1) is 13.2 Å². The first-order valence-electron chi connectivity index (χ1n) is 7.41. The van der Waals surface area contributed by atoms with E-state index in [0.29, 0.717) is 6.61 Å². The van der Waals surface area contributed by atoms with E-state index in [1.165, 1.54) is 5.56 Å². The van der Waals surface area contributed by atoms with Gasteiger partial charge in [-0.2, -0.15) is 0 Å². The van der Waals surface area contributed by atoms with E-state index >= 15 is 0 Å². The zero-order chi connectivity index (χ0) is 13.9. The first-order chi connectivity index (χ1) is 9.33. The standard InChI is InChI=1S/C16H27NO2/c1-4-7-12-19-16-14(13-17-11-5-2)9-8-10-15(16)18-6-3/h8-10,17H,4-7,11-13H2,1-3H3. The van der Waals surface area contributed by atoms with E-state index in [1.807, 2.05) is 19.1 Å². The topological polar surface area (TPSA) is 30.5 Å². The van der Waals surface area contributed by atoms with E-state index < -0.39 is 0 Å². The van der Waals surface area contributed by atoms with Crippen LogP contribution >= 0.6 is 0 Å². The van der Waals surface area contributed by atoms with Gasteiger partial charge in [-0.25, -0.2) is 0 Å². The van der Waals surface area contributed by atoms with Crippen molar-refractivity contribution in [3.8, 4) is 11.5 Å². The maximum Gasteiger partial charge on any atom is 0.165 e. The lowest BCUT2D eigenvalue weighted by molar-refractivity contribution is 0.269. The van der Waals surface area contributed by atoms with Crippen LogP contribution in [0, 0.1) is 0 Å². The second-order valence-corrected chi connectivity index (χ2v) is 4.56. The van der Waals surface area contributed by atoms with Gasteiger partial charge < -0.3 is 14.8 Å². The van der Waals surface area contributed by atoms with Gasteiger partial charge in [0.15, 0.2) is 11.5 Å². The number of hydrogen-bond acceptors (Lipinski definition) is 3. The molecule has 3 nitrogen and oxygen atoms in total. The third-order valence-corrected chi connectivity index (χ3v) is 2.85. The molecule has 0 unspecified atom stereocenters. The van der Waals surface area contributed by atoms with Crippen molar-refractivity contribution in [3.63, 3.8) is 0 Å². The van der Waals surface area contributed by atoms with Gasteiger partial charge >= 0.3 is 0 Å². The van der Waals surface area contributed by atoms with Crippen LogP contribution in [0.1, 0.15) is 45.6 Å². The summed E-state index contributed by atoms with van der Waals surface area (Å²) in [6, 6.07) is 6.11. The predicted octanol–water partition coefficient (Wildman–Crippen LogP) is 3.76. The van der Waals surface area contributed by atoms with Gasteiger partial charge in [0.1, 0.15) is 0 Å². The number of unbranched alkanes of at least 4 members (excludes halogenated alkanes) is 1. The molecule has 0 aliphatic carbocycles. The van der Waals surface area contributed by atoms with Crippen molar-refractivity contribution in [2.45, 2.75) is 46.6 Å². The normalized spacial score (nSPS) is 10.5. The number of benzene rings is 1. The van der Waals surface area contributed by atoms with Gasteiger partial charge in [-0.1, -0.05) is 32.4 Å². The van der Waals surface area contributed by atoms with Crippen molar-refractivity contribution in [1.29, 1.82) is 0 Å². The first-order valence-corrected chi connectivity index (χ1v) is 7.41. The average molecular weight is 265 g/mol. The second-order valence-electron chi connectivity index (χ2n) is 4.56. The summed E-state index contributed by atoms with van der Waals surface area (Å²) in [5.41, 5.74) is 1.18. The lowest BCUT2D eigenvalue weighted by Gasteiger charge is -2.16. The minimum absolute atomic E-state index is 0.663. The molecule has 19 heavy (non-hydrogen) atoms. The van der Waals surface area contributed by atoms with Gasteiger partial charge in [-0.05, 0) is 32.4 Å². The zero-order valence-corrected chi connectivity index (χ0v) is 12.5. The van der Waals surface area contributed by atoms with Crippen molar-refractivity contribution in [3.05, 3.63) is 23.8 Å². The molecule has 0 fully saturated rings. The maximum atomic E-state index is 5.93. The van der Waals surface area contributed by atoms with Crippen LogP contribution in [-0.4, -0.2) is 19.8 Å². The number of para-hydroxylation sites is 1. The molecule has 0 spiro atoms. The largest absolute Gasteiger partial charge is 0.490 e. The molecule has 0 saturated carbocycles. The highest BCUT2D eigenvalue weighted by Crippen LogP contribution is 2.31. The van der Waals surface area contributed by atoms with Crippen LogP contribution in [0.2, 0.25) is 0 Å². The molecule has 0 aliphatic rings. The number of ether oxygens (including phenoxy) is 2. The molecule has 0 aliphatic heterocycles. The van der Waals surface area contributed by atoms with Crippen LogP contribution < -0.4 is 14.8 Å². The Hall–Kier alpha value is -1.22. The first kappa shape index (κ1) is 15.8. The van der Waals surface area contributed by atoms with Crippen LogP contribution in [0.3, 0.4) is 0 Å². The molecule has 0 aromatic heterocycles. The summed E-state index contributed by atoms with van der Waals surface area (Å²) in [5, 5.41) is 3.42. The van der Waals surface area contributed by atoms with Crippen LogP contribution in [-0.2, 0) is 6.54 Å². The Kier molecular flexibility index (Phi) is 8.07. The summed E-state index contributed by atoms with van der Waals surface area (Å²) < 4.78 is 11.6. The Morgan fingerprint density at radius 3 is 2.58 bits per heavy atom. The summed E-state index contributed by atoms with van der Waals surface area (Å²) in [6.07, 6.45) is 3.35. The summed E-state index contributed by atoms with van der Waals surface area (Å²) >= 11 is 0. The SMILES string of the molecule is CCCCOc1c(CNCCC)cccc1OCC. The Bertz CT molecular complexity index is 353.